The molecule has 4 N–H and O–H groups in total. The highest BCUT2D eigenvalue weighted by Gasteiger charge is 2.28. The van der Waals surface area contributed by atoms with Gasteiger partial charge in [0, 0.05) is 11.3 Å². The maximum atomic E-state index is 12.0. The van der Waals surface area contributed by atoms with E-state index < -0.39 is 11.9 Å². The van der Waals surface area contributed by atoms with Crippen LogP contribution in [0.25, 0.3) is 0 Å². The number of nitrogens with one attached hydrogen (secondary N) is 2. The van der Waals surface area contributed by atoms with Crippen LogP contribution in [0.3, 0.4) is 0 Å². The van der Waals surface area contributed by atoms with Gasteiger partial charge in [-0.1, -0.05) is 6.07 Å². The number of thiocarbonyl (C=S) groups is 1. The number of carbonyl (C=O) groups is 2. The Bertz CT molecular complexity index is 730. The third kappa shape index (κ3) is 3.83. The van der Waals surface area contributed by atoms with Gasteiger partial charge in [0.1, 0.15) is 0 Å². The van der Waals surface area contributed by atoms with Crippen LogP contribution in [0.1, 0.15) is 25.5 Å². The number of allylic oxidation sites excluding steroid dienone is 1. The molecule has 1 heterocycles. The minimum Gasteiger partial charge on any atom is -0.493 e. The summed E-state index contributed by atoms with van der Waals surface area (Å²) in [6, 6.07) is 4.78. The van der Waals surface area contributed by atoms with E-state index >= 15 is 0 Å². The molecule has 7 nitrogen and oxygen atoms in total. The average Bonchev–Trinajstić information content (AvgIpc) is 2.51. The van der Waals surface area contributed by atoms with E-state index in [1.165, 1.54) is 14.0 Å². The number of rotatable bonds is 6. The second-order valence-corrected chi connectivity index (χ2v) is 5.70. The number of carbonyl (C=O) groups excluding carboxylic acids is 2. The molecule has 0 bridgehead atoms. The fourth-order valence-corrected chi connectivity index (χ4v) is 2.81. The normalized spacial score (nSPS) is 17.0. The van der Waals surface area contributed by atoms with E-state index in [-0.39, 0.29) is 12.4 Å². The molecule has 2 rings (SSSR count). The number of benzene rings is 1. The van der Waals surface area contributed by atoms with Crippen LogP contribution in [0.4, 0.5) is 0 Å². The van der Waals surface area contributed by atoms with Gasteiger partial charge >= 0.3 is 0 Å². The quantitative estimate of drug-likeness (QED) is 0.657. The zero-order chi connectivity index (χ0) is 17.9. The monoisotopic (exact) mass is 349 g/mol. The number of Topliss-reactive ketones (excluding diaryl/α,β-unsaturated/α-hetero) is 1. The molecule has 0 aromatic heterocycles. The lowest BCUT2D eigenvalue weighted by Gasteiger charge is -2.30. The summed E-state index contributed by atoms with van der Waals surface area (Å²) in [5, 5.41) is 6.48. The van der Waals surface area contributed by atoms with Crippen LogP contribution in [-0.2, 0) is 9.59 Å². The Balaban J connectivity index is 2.40. The van der Waals surface area contributed by atoms with E-state index in [9.17, 15) is 9.59 Å². The first-order valence-corrected chi connectivity index (χ1v) is 7.62. The van der Waals surface area contributed by atoms with Crippen molar-refractivity contribution in [3.05, 3.63) is 35.0 Å². The van der Waals surface area contributed by atoms with Crippen molar-refractivity contribution in [1.82, 2.24) is 10.6 Å². The molecule has 1 aromatic carbocycles. The summed E-state index contributed by atoms with van der Waals surface area (Å²) in [5.74, 6) is 0.180. The van der Waals surface area contributed by atoms with Gasteiger partial charge in [-0.15, -0.1) is 0 Å². The lowest BCUT2D eigenvalue weighted by Crippen LogP contribution is -2.44. The number of hydrogen-bond donors (Lipinski definition) is 3. The third-order valence-electron chi connectivity index (χ3n) is 3.54. The highest BCUT2D eigenvalue weighted by atomic mass is 32.1. The Labute approximate surface area is 145 Å². The van der Waals surface area contributed by atoms with Crippen LogP contribution in [0, 0.1) is 0 Å². The molecule has 0 spiro atoms. The summed E-state index contributed by atoms with van der Waals surface area (Å²) >= 11 is 5.18. The van der Waals surface area contributed by atoms with Crippen LogP contribution in [-0.4, -0.2) is 30.5 Å². The van der Waals surface area contributed by atoms with Gasteiger partial charge in [-0.25, -0.2) is 0 Å². The number of ether oxygens (including phenoxy) is 2. The van der Waals surface area contributed by atoms with Gasteiger partial charge in [-0.05, 0) is 43.8 Å². The first-order chi connectivity index (χ1) is 11.3. The smallest absolute Gasteiger partial charge is 0.255 e. The minimum absolute atomic E-state index is 0.0620. The van der Waals surface area contributed by atoms with Gasteiger partial charge in [0.15, 0.2) is 29.0 Å². The zero-order valence-electron chi connectivity index (χ0n) is 13.6. The molecule has 24 heavy (non-hydrogen) atoms. The van der Waals surface area contributed by atoms with Crippen molar-refractivity contribution in [3.8, 4) is 11.5 Å². The minimum atomic E-state index is -0.580. The van der Waals surface area contributed by atoms with Crippen molar-refractivity contribution < 1.29 is 19.1 Å². The van der Waals surface area contributed by atoms with Crippen LogP contribution >= 0.6 is 12.2 Å². The van der Waals surface area contributed by atoms with Crippen molar-refractivity contribution in [1.29, 1.82) is 0 Å². The summed E-state index contributed by atoms with van der Waals surface area (Å²) in [6.45, 7) is 3.06. The van der Waals surface area contributed by atoms with Crippen LogP contribution in [0.2, 0.25) is 0 Å². The lowest BCUT2D eigenvalue weighted by atomic mass is 9.93. The number of ketones is 1. The number of nitrogens with two attached hydrogens (primary N) is 1. The predicted molar refractivity (Wildman–Crippen MR) is 92.7 cm³/mol. The van der Waals surface area contributed by atoms with Crippen LogP contribution < -0.4 is 25.8 Å². The highest BCUT2D eigenvalue weighted by Crippen LogP contribution is 2.34. The van der Waals surface area contributed by atoms with Gasteiger partial charge in [0.05, 0.1) is 13.2 Å². The van der Waals surface area contributed by atoms with Gasteiger partial charge in [-0.3, -0.25) is 9.59 Å². The maximum absolute atomic E-state index is 12.0. The van der Waals surface area contributed by atoms with E-state index in [1.807, 2.05) is 0 Å². The Morgan fingerprint density at radius 2 is 2.04 bits per heavy atom. The second kappa shape index (κ2) is 7.31. The molecule has 1 unspecified atom stereocenters. The molecule has 0 fully saturated rings. The van der Waals surface area contributed by atoms with Crippen molar-refractivity contribution in [2.45, 2.75) is 19.9 Å². The third-order valence-corrected chi connectivity index (χ3v) is 3.76. The molecule has 1 aliphatic heterocycles. The molecule has 1 atom stereocenters. The number of amides is 1. The van der Waals surface area contributed by atoms with E-state index in [1.54, 1.807) is 25.1 Å². The molecule has 128 valence electrons. The molecular weight excluding hydrogens is 330 g/mol. The number of hydrogen-bond acceptors (Lipinski definition) is 5. The first-order valence-electron chi connectivity index (χ1n) is 7.21. The molecule has 0 saturated carbocycles. The molecule has 1 aromatic rings. The molecule has 1 amide bonds. The maximum Gasteiger partial charge on any atom is 0.255 e. The van der Waals surface area contributed by atoms with Crippen molar-refractivity contribution in [3.63, 3.8) is 0 Å². The Morgan fingerprint density at radius 3 is 2.62 bits per heavy atom. The summed E-state index contributed by atoms with van der Waals surface area (Å²) in [5.41, 5.74) is 7.17. The standard InChI is InChI=1S/C16H19N3O4S/c1-8-14(9(2)20)15(19-16(24)18-8)10-4-5-11(12(6-10)22-3)23-7-13(17)21/h4-6,15H,7H2,1-3H3,(H2,17,21)(H2,18,19,24). The second-order valence-electron chi connectivity index (χ2n) is 5.29. The predicted octanol–water partition coefficient (Wildman–Crippen LogP) is 0.941. The molecule has 8 heteroatoms. The highest BCUT2D eigenvalue weighted by molar-refractivity contribution is 7.80. The van der Waals surface area contributed by atoms with Gasteiger partial charge in [0.2, 0.25) is 0 Å². The number of primary amides is 1. The largest absolute Gasteiger partial charge is 0.493 e. The van der Waals surface area contributed by atoms with Crippen molar-refractivity contribution in [2.24, 2.45) is 5.73 Å². The summed E-state index contributed by atoms with van der Waals surface area (Å²) in [6.07, 6.45) is 0. The van der Waals surface area contributed by atoms with E-state index in [0.29, 0.717) is 27.9 Å². The van der Waals surface area contributed by atoms with Crippen LogP contribution in [0.15, 0.2) is 29.5 Å². The summed E-state index contributed by atoms with van der Waals surface area (Å²) < 4.78 is 10.6. The Morgan fingerprint density at radius 1 is 1.33 bits per heavy atom. The zero-order valence-corrected chi connectivity index (χ0v) is 14.5. The summed E-state index contributed by atoms with van der Waals surface area (Å²) in [7, 11) is 1.49. The van der Waals surface area contributed by atoms with Gasteiger partial charge in [-0.2, -0.15) is 0 Å². The van der Waals surface area contributed by atoms with E-state index in [2.05, 4.69) is 10.6 Å². The van der Waals surface area contributed by atoms with Gasteiger partial charge in [0.25, 0.3) is 5.91 Å². The van der Waals surface area contributed by atoms with E-state index in [4.69, 9.17) is 27.4 Å². The fraction of sp³-hybridized carbons (Fsp3) is 0.312. The molecule has 0 saturated heterocycles. The SMILES string of the molecule is COc1cc(C2NC(=S)NC(C)=C2C(C)=O)ccc1OCC(N)=O. The van der Waals surface area contributed by atoms with Crippen molar-refractivity contribution >= 4 is 29.0 Å². The Kier molecular flexibility index (Phi) is 5.40. The van der Waals surface area contributed by atoms with Gasteiger partial charge < -0.3 is 25.8 Å². The Hall–Kier alpha value is -2.61. The topological polar surface area (TPSA) is 103 Å². The van der Waals surface area contributed by atoms with Crippen LogP contribution in [0.5, 0.6) is 11.5 Å². The lowest BCUT2D eigenvalue weighted by molar-refractivity contribution is -0.120. The fourth-order valence-electron chi connectivity index (χ4n) is 2.54. The molecule has 0 radical (unpaired) electrons. The average molecular weight is 349 g/mol. The molecule has 1 aliphatic rings. The number of methoxy groups -OCH3 is 1. The molecule has 0 aliphatic carbocycles. The first kappa shape index (κ1) is 17.7. The molecular formula is C16H19N3O4S. The van der Waals surface area contributed by atoms with Crippen molar-refractivity contribution in [2.75, 3.05) is 13.7 Å². The van der Waals surface area contributed by atoms with E-state index in [0.717, 1.165) is 5.56 Å². The summed E-state index contributed by atoms with van der Waals surface area (Å²) in [4.78, 5) is 22.9.